The number of nitrogens with one attached hydrogen (secondary N) is 1. The smallest absolute Gasteiger partial charge is 0.338 e. The number of carbonyl (C=O) groups excluding carboxylic acids is 1. The van der Waals surface area contributed by atoms with Crippen LogP contribution in [-0.2, 0) is 14.3 Å². The highest BCUT2D eigenvalue weighted by atomic mass is 79.9. The van der Waals surface area contributed by atoms with Crippen molar-refractivity contribution in [3.05, 3.63) is 61.9 Å². The molecule has 1 atom stereocenters. The minimum Gasteiger partial charge on any atom is -0.466 e. The Morgan fingerprint density at radius 3 is 2.90 bits per heavy atom. The quantitative estimate of drug-likeness (QED) is 0.644. The van der Waals surface area contributed by atoms with E-state index in [4.69, 9.17) is 14.5 Å². The highest BCUT2D eigenvalue weighted by Gasteiger charge is 2.34. The molecule has 3 heterocycles. The van der Waals surface area contributed by atoms with Gasteiger partial charge < -0.3 is 14.8 Å². The Morgan fingerprint density at radius 2 is 2.23 bits per heavy atom. The normalized spacial score (nSPS) is 20.0. The molecule has 1 unspecified atom stereocenters. The van der Waals surface area contributed by atoms with E-state index in [1.165, 1.54) is 30.6 Å². The number of hydrogen-bond donors (Lipinski definition) is 1. The predicted octanol–water partition coefficient (Wildman–Crippen LogP) is 2.90. The molecule has 0 bridgehead atoms. The number of ether oxygens (including phenoxy) is 2. The van der Waals surface area contributed by atoms with Gasteiger partial charge in [0, 0.05) is 41.4 Å². The minimum atomic E-state index is -0.663. The lowest BCUT2D eigenvalue weighted by atomic mass is 9.95. The molecule has 2 aliphatic rings. The van der Waals surface area contributed by atoms with E-state index in [-0.39, 0.29) is 5.82 Å². The molecule has 1 fully saturated rings. The number of carbonyl (C=O) groups is 1. The van der Waals surface area contributed by atoms with Crippen LogP contribution in [0.5, 0.6) is 0 Å². The zero-order valence-corrected chi connectivity index (χ0v) is 18.6. The average molecular weight is 495 g/mol. The summed E-state index contributed by atoms with van der Waals surface area (Å²) in [6.07, 6.45) is 1.70. The van der Waals surface area contributed by atoms with E-state index in [1.54, 1.807) is 12.3 Å². The molecule has 0 amide bonds. The molecular weight excluding hydrogens is 475 g/mol. The van der Waals surface area contributed by atoms with Gasteiger partial charge in [-0.3, -0.25) is 9.89 Å². The van der Waals surface area contributed by atoms with Crippen LogP contribution in [0.15, 0.2) is 50.5 Å². The molecule has 1 aromatic carbocycles. The number of morpholine rings is 1. The van der Waals surface area contributed by atoms with Crippen molar-refractivity contribution in [2.75, 3.05) is 40.0 Å². The van der Waals surface area contributed by atoms with Crippen LogP contribution in [0, 0.1) is 5.82 Å². The summed E-state index contributed by atoms with van der Waals surface area (Å²) in [7, 11) is 1.35. The van der Waals surface area contributed by atoms with Crippen LogP contribution in [0.4, 0.5) is 4.39 Å². The molecule has 30 heavy (non-hydrogen) atoms. The van der Waals surface area contributed by atoms with Crippen LogP contribution >= 0.6 is 27.3 Å². The number of hydrogen-bond acceptors (Lipinski definition) is 8. The number of nitrogens with zero attached hydrogens (tertiary/aromatic N) is 3. The Morgan fingerprint density at radius 1 is 1.43 bits per heavy atom. The van der Waals surface area contributed by atoms with Gasteiger partial charge in [0.15, 0.2) is 10.8 Å². The zero-order valence-electron chi connectivity index (χ0n) is 16.2. The Bertz CT molecular complexity index is 990. The summed E-state index contributed by atoms with van der Waals surface area (Å²) < 4.78 is 24.8. The highest BCUT2D eigenvalue weighted by Crippen LogP contribution is 2.36. The summed E-state index contributed by atoms with van der Waals surface area (Å²) in [5, 5.41) is 5.88. The van der Waals surface area contributed by atoms with Crippen LogP contribution in [-0.4, -0.2) is 61.6 Å². The summed E-state index contributed by atoms with van der Waals surface area (Å²) in [5.41, 5.74) is 1.77. The highest BCUT2D eigenvalue weighted by molar-refractivity contribution is 9.10. The number of aliphatic imine (C=N–C) groups is 1. The SMILES string of the molecule is COC(=O)C1=C(CN2CCOCC2)NC(c2nccs2)=NC1c1ccc(F)cc1Br. The van der Waals surface area contributed by atoms with Crippen LogP contribution < -0.4 is 5.32 Å². The fourth-order valence-corrected chi connectivity index (χ4v) is 4.61. The van der Waals surface area contributed by atoms with E-state index < -0.39 is 12.0 Å². The monoisotopic (exact) mass is 494 g/mol. The van der Waals surface area contributed by atoms with Crippen molar-refractivity contribution in [1.29, 1.82) is 0 Å². The molecule has 1 saturated heterocycles. The molecule has 0 radical (unpaired) electrons. The van der Waals surface area contributed by atoms with Gasteiger partial charge >= 0.3 is 5.97 Å². The van der Waals surface area contributed by atoms with Crippen molar-refractivity contribution < 1.29 is 18.7 Å². The lowest BCUT2D eigenvalue weighted by Gasteiger charge is -2.32. The molecule has 10 heteroatoms. The first-order valence-electron chi connectivity index (χ1n) is 9.38. The lowest BCUT2D eigenvalue weighted by Crippen LogP contribution is -2.43. The van der Waals surface area contributed by atoms with Gasteiger partial charge in [-0.05, 0) is 17.7 Å². The van der Waals surface area contributed by atoms with Gasteiger partial charge in [-0.2, -0.15) is 0 Å². The van der Waals surface area contributed by atoms with Crippen molar-refractivity contribution in [3.63, 3.8) is 0 Å². The van der Waals surface area contributed by atoms with E-state index in [1.807, 2.05) is 5.38 Å². The van der Waals surface area contributed by atoms with E-state index in [0.717, 1.165) is 13.1 Å². The van der Waals surface area contributed by atoms with Gasteiger partial charge in [0.2, 0.25) is 0 Å². The number of halogens is 2. The molecule has 2 aliphatic heterocycles. The second-order valence-electron chi connectivity index (χ2n) is 6.78. The van der Waals surface area contributed by atoms with Crippen molar-refractivity contribution >= 4 is 39.1 Å². The topological polar surface area (TPSA) is 76.0 Å². The Labute approximate surface area is 185 Å². The fraction of sp³-hybridized carbons (Fsp3) is 0.350. The van der Waals surface area contributed by atoms with Gasteiger partial charge in [0.25, 0.3) is 0 Å². The standard InChI is InChI=1S/C20H20BrFN4O3S/c1-28-20(27)16-15(11-26-5-7-29-8-6-26)24-18(19-23-4-9-30-19)25-17(16)13-3-2-12(22)10-14(13)21/h2-4,9-10,17H,5-8,11H2,1H3,(H,24,25). The average Bonchev–Trinajstić information content (AvgIpc) is 3.28. The van der Waals surface area contributed by atoms with Gasteiger partial charge in [-0.15, -0.1) is 11.3 Å². The number of amidine groups is 1. The summed E-state index contributed by atoms with van der Waals surface area (Å²) in [6.45, 7) is 3.30. The predicted molar refractivity (Wildman–Crippen MR) is 115 cm³/mol. The maximum atomic E-state index is 13.7. The van der Waals surface area contributed by atoms with Crippen molar-refractivity contribution in [2.45, 2.75) is 6.04 Å². The second-order valence-corrected chi connectivity index (χ2v) is 8.53. The maximum absolute atomic E-state index is 13.7. The van der Waals surface area contributed by atoms with Crippen LogP contribution in [0.2, 0.25) is 0 Å². The van der Waals surface area contributed by atoms with E-state index in [0.29, 0.717) is 51.9 Å². The number of rotatable bonds is 5. The Balaban J connectivity index is 1.81. The number of benzene rings is 1. The number of esters is 1. The van der Waals surface area contributed by atoms with Crippen LogP contribution in [0.25, 0.3) is 0 Å². The van der Waals surface area contributed by atoms with Crippen molar-refractivity contribution in [2.24, 2.45) is 4.99 Å². The first-order valence-corrected chi connectivity index (χ1v) is 11.0. The van der Waals surface area contributed by atoms with E-state index >= 15 is 0 Å². The van der Waals surface area contributed by atoms with E-state index in [2.05, 4.69) is 31.1 Å². The molecule has 0 spiro atoms. The molecule has 4 rings (SSSR count). The Hall–Kier alpha value is -2.14. The first-order chi connectivity index (χ1) is 14.6. The largest absolute Gasteiger partial charge is 0.466 e. The molecule has 1 aromatic heterocycles. The third kappa shape index (κ3) is 4.46. The Kier molecular flexibility index (Phi) is 6.57. The zero-order chi connectivity index (χ0) is 21.1. The summed E-state index contributed by atoms with van der Waals surface area (Å²) in [5.74, 6) is -0.281. The maximum Gasteiger partial charge on any atom is 0.338 e. The number of thiazole rings is 1. The summed E-state index contributed by atoms with van der Waals surface area (Å²) in [6, 6.07) is 3.70. The van der Waals surface area contributed by atoms with Gasteiger partial charge in [0.05, 0.1) is 25.9 Å². The molecule has 0 saturated carbocycles. The number of aromatic nitrogens is 1. The summed E-state index contributed by atoms with van der Waals surface area (Å²) >= 11 is 4.87. The molecule has 0 aliphatic carbocycles. The lowest BCUT2D eigenvalue weighted by molar-refractivity contribution is -0.136. The van der Waals surface area contributed by atoms with Gasteiger partial charge in [0.1, 0.15) is 11.9 Å². The third-order valence-electron chi connectivity index (χ3n) is 4.91. The summed E-state index contributed by atoms with van der Waals surface area (Å²) in [4.78, 5) is 24.2. The molecule has 2 aromatic rings. The van der Waals surface area contributed by atoms with Crippen molar-refractivity contribution in [3.8, 4) is 0 Å². The van der Waals surface area contributed by atoms with Gasteiger partial charge in [-0.25, -0.2) is 14.2 Å². The fourth-order valence-electron chi connectivity index (χ4n) is 3.45. The number of methoxy groups -OCH3 is 1. The second kappa shape index (κ2) is 9.34. The van der Waals surface area contributed by atoms with E-state index in [9.17, 15) is 9.18 Å². The third-order valence-corrected chi connectivity index (χ3v) is 6.38. The molecule has 1 N–H and O–H groups in total. The minimum absolute atomic E-state index is 0.374. The molecule has 7 nitrogen and oxygen atoms in total. The van der Waals surface area contributed by atoms with Gasteiger partial charge in [-0.1, -0.05) is 22.0 Å². The van der Waals surface area contributed by atoms with Crippen LogP contribution in [0.3, 0.4) is 0 Å². The molecule has 158 valence electrons. The van der Waals surface area contributed by atoms with Crippen molar-refractivity contribution in [1.82, 2.24) is 15.2 Å². The molecular formula is C20H20BrFN4O3S. The van der Waals surface area contributed by atoms with Crippen LogP contribution in [0.1, 0.15) is 16.6 Å². The first kappa shape index (κ1) is 21.1.